The largest absolute Gasteiger partial charge is 0.353 e. The van der Waals surface area contributed by atoms with E-state index in [9.17, 15) is 14.4 Å². The molecule has 1 N–H and O–H groups in total. The first kappa shape index (κ1) is 21.8. The minimum atomic E-state index is -0.287. The number of anilines is 1. The first-order valence-corrected chi connectivity index (χ1v) is 12.0. The Morgan fingerprint density at radius 2 is 1.55 bits per heavy atom. The van der Waals surface area contributed by atoms with Gasteiger partial charge in [-0.15, -0.1) is 0 Å². The molecule has 2 heterocycles. The number of rotatable bonds is 4. The molecule has 6 heteroatoms. The fourth-order valence-corrected chi connectivity index (χ4v) is 5.21. The van der Waals surface area contributed by atoms with Crippen molar-refractivity contribution in [2.75, 3.05) is 24.5 Å². The second kappa shape index (κ2) is 9.84. The Hall–Kier alpha value is -2.37. The summed E-state index contributed by atoms with van der Waals surface area (Å²) in [5.41, 5.74) is 2.01. The topological polar surface area (TPSA) is 69.7 Å². The molecule has 1 aromatic rings. The molecule has 1 aliphatic carbocycles. The van der Waals surface area contributed by atoms with Crippen molar-refractivity contribution in [2.45, 2.75) is 70.8 Å². The SMILES string of the molecule is Cc1ccc(N2C[C@@H](C(=O)N3CCC(C(=O)NC4CCCCCC4)CC3)CC2=O)cc1. The average Bonchev–Trinajstić information content (AvgIpc) is 2.99. The summed E-state index contributed by atoms with van der Waals surface area (Å²) < 4.78 is 0. The minimum absolute atomic E-state index is 0.00145. The molecule has 168 valence electrons. The number of amides is 3. The summed E-state index contributed by atoms with van der Waals surface area (Å²) in [6.07, 6.45) is 8.85. The molecule has 4 rings (SSSR count). The molecule has 1 saturated carbocycles. The van der Waals surface area contributed by atoms with Gasteiger partial charge in [0, 0.05) is 43.7 Å². The van der Waals surface area contributed by atoms with E-state index in [1.165, 1.54) is 25.7 Å². The van der Waals surface area contributed by atoms with Crippen molar-refractivity contribution in [3.05, 3.63) is 29.8 Å². The van der Waals surface area contributed by atoms with Crippen molar-refractivity contribution < 1.29 is 14.4 Å². The number of likely N-dealkylation sites (tertiary alicyclic amines) is 1. The third-order valence-corrected chi connectivity index (χ3v) is 7.20. The number of nitrogens with zero attached hydrogens (tertiary/aromatic N) is 2. The molecule has 3 aliphatic rings. The number of carbonyl (C=O) groups is 3. The van der Waals surface area contributed by atoms with Crippen molar-refractivity contribution in [1.29, 1.82) is 0 Å². The molecule has 31 heavy (non-hydrogen) atoms. The van der Waals surface area contributed by atoms with Crippen LogP contribution < -0.4 is 10.2 Å². The van der Waals surface area contributed by atoms with Gasteiger partial charge < -0.3 is 15.1 Å². The van der Waals surface area contributed by atoms with E-state index in [0.29, 0.717) is 38.5 Å². The highest BCUT2D eigenvalue weighted by molar-refractivity contribution is 6.00. The van der Waals surface area contributed by atoms with Crippen molar-refractivity contribution in [3.63, 3.8) is 0 Å². The van der Waals surface area contributed by atoms with Crippen LogP contribution in [0.5, 0.6) is 0 Å². The Morgan fingerprint density at radius 1 is 0.903 bits per heavy atom. The van der Waals surface area contributed by atoms with E-state index in [1.807, 2.05) is 36.1 Å². The maximum absolute atomic E-state index is 13.1. The van der Waals surface area contributed by atoms with Crippen LogP contribution in [-0.2, 0) is 14.4 Å². The highest BCUT2D eigenvalue weighted by Gasteiger charge is 2.38. The first-order valence-electron chi connectivity index (χ1n) is 12.0. The Bertz CT molecular complexity index is 791. The lowest BCUT2D eigenvalue weighted by molar-refractivity contribution is -0.139. The zero-order valence-electron chi connectivity index (χ0n) is 18.6. The van der Waals surface area contributed by atoms with Crippen molar-refractivity contribution in [1.82, 2.24) is 10.2 Å². The lowest BCUT2D eigenvalue weighted by Gasteiger charge is -2.33. The van der Waals surface area contributed by atoms with Crippen LogP contribution in [0.4, 0.5) is 5.69 Å². The monoisotopic (exact) mass is 425 g/mol. The summed E-state index contributed by atoms with van der Waals surface area (Å²) in [5, 5.41) is 3.27. The molecule has 1 aromatic carbocycles. The van der Waals surface area contributed by atoms with Crippen LogP contribution >= 0.6 is 0 Å². The summed E-state index contributed by atoms with van der Waals surface area (Å²) in [6, 6.07) is 8.19. The van der Waals surface area contributed by atoms with Crippen LogP contribution in [0, 0.1) is 18.8 Å². The van der Waals surface area contributed by atoms with Gasteiger partial charge in [-0.2, -0.15) is 0 Å². The van der Waals surface area contributed by atoms with E-state index in [-0.39, 0.29) is 36.0 Å². The highest BCUT2D eigenvalue weighted by atomic mass is 16.2. The zero-order chi connectivity index (χ0) is 21.8. The second-order valence-corrected chi connectivity index (χ2v) is 9.54. The van der Waals surface area contributed by atoms with Crippen LogP contribution in [-0.4, -0.2) is 48.3 Å². The van der Waals surface area contributed by atoms with Crippen LogP contribution in [0.3, 0.4) is 0 Å². The van der Waals surface area contributed by atoms with Gasteiger partial charge in [-0.05, 0) is 44.7 Å². The number of benzene rings is 1. The van der Waals surface area contributed by atoms with Crippen molar-refractivity contribution in [3.8, 4) is 0 Å². The number of hydrogen-bond donors (Lipinski definition) is 1. The standard InChI is InChI=1S/C25H35N3O3/c1-18-8-10-22(11-9-18)28-17-20(16-23(28)29)25(31)27-14-12-19(13-15-27)24(30)26-21-6-4-2-3-5-7-21/h8-11,19-21H,2-7,12-17H2,1H3,(H,26,30)/t20-/m0/s1. The van der Waals surface area contributed by atoms with E-state index in [1.54, 1.807) is 4.90 Å². The van der Waals surface area contributed by atoms with E-state index in [2.05, 4.69) is 5.32 Å². The fourth-order valence-electron chi connectivity index (χ4n) is 5.21. The lowest BCUT2D eigenvalue weighted by Crippen LogP contribution is -2.47. The van der Waals surface area contributed by atoms with Crippen molar-refractivity contribution in [2.24, 2.45) is 11.8 Å². The molecule has 0 aromatic heterocycles. The Balaban J connectivity index is 1.26. The smallest absolute Gasteiger partial charge is 0.228 e. The summed E-state index contributed by atoms with van der Waals surface area (Å²) in [6.45, 7) is 3.68. The van der Waals surface area contributed by atoms with Gasteiger partial charge in [0.25, 0.3) is 0 Å². The minimum Gasteiger partial charge on any atom is -0.353 e. The molecule has 0 spiro atoms. The average molecular weight is 426 g/mol. The quantitative estimate of drug-likeness (QED) is 0.752. The van der Waals surface area contributed by atoms with Gasteiger partial charge in [-0.1, -0.05) is 43.4 Å². The third-order valence-electron chi connectivity index (χ3n) is 7.20. The van der Waals surface area contributed by atoms with E-state index < -0.39 is 0 Å². The molecule has 2 aliphatic heterocycles. The predicted octanol–water partition coefficient (Wildman–Crippen LogP) is 3.43. The lowest BCUT2D eigenvalue weighted by atomic mass is 9.94. The van der Waals surface area contributed by atoms with Crippen LogP contribution in [0.25, 0.3) is 0 Å². The van der Waals surface area contributed by atoms with E-state index >= 15 is 0 Å². The Labute approximate surface area is 185 Å². The van der Waals surface area contributed by atoms with Gasteiger partial charge in [-0.3, -0.25) is 14.4 Å². The Morgan fingerprint density at radius 3 is 2.19 bits per heavy atom. The highest BCUT2D eigenvalue weighted by Crippen LogP contribution is 2.28. The summed E-state index contributed by atoms with van der Waals surface area (Å²) >= 11 is 0. The summed E-state index contributed by atoms with van der Waals surface area (Å²) in [7, 11) is 0. The van der Waals surface area contributed by atoms with Gasteiger partial charge in [-0.25, -0.2) is 0 Å². The van der Waals surface area contributed by atoms with Gasteiger partial charge in [0.15, 0.2) is 0 Å². The van der Waals surface area contributed by atoms with Gasteiger partial charge >= 0.3 is 0 Å². The molecule has 0 unspecified atom stereocenters. The number of carbonyl (C=O) groups excluding carboxylic acids is 3. The van der Waals surface area contributed by atoms with Crippen LogP contribution in [0.15, 0.2) is 24.3 Å². The molecule has 0 radical (unpaired) electrons. The maximum atomic E-state index is 13.1. The van der Waals surface area contributed by atoms with Crippen LogP contribution in [0.2, 0.25) is 0 Å². The molecule has 3 amide bonds. The van der Waals surface area contributed by atoms with Gasteiger partial charge in [0.1, 0.15) is 0 Å². The summed E-state index contributed by atoms with van der Waals surface area (Å²) in [4.78, 5) is 41.9. The number of hydrogen-bond acceptors (Lipinski definition) is 3. The number of nitrogens with one attached hydrogen (secondary N) is 1. The van der Waals surface area contributed by atoms with Gasteiger partial charge in [0.05, 0.1) is 5.92 Å². The number of piperidine rings is 1. The zero-order valence-corrected chi connectivity index (χ0v) is 18.6. The number of aryl methyl sites for hydroxylation is 1. The van der Waals surface area contributed by atoms with E-state index in [4.69, 9.17) is 0 Å². The summed E-state index contributed by atoms with van der Waals surface area (Å²) in [5.74, 6) is -0.0437. The van der Waals surface area contributed by atoms with E-state index in [0.717, 1.165) is 24.1 Å². The molecular formula is C25H35N3O3. The molecule has 1 atom stereocenters. The molecular weight excluding hydrogens is 390 g/mol. The third kappa shape index (κ3) is 5.28. The Kier molecular flexibility index (Phi) is 6.93. The first-order chi connectivity index (χ1) is 15.0. The van der Waals surface area contributed by atoms with Crippen LogP contribution in [0.1, 0.15) is 63.4 Å². The molecule has 6 nitrogen and oxygen atoms in total. The maximum Gasteiger partial charge on any atom is 0.228 e. The van der Waals surface area contributed by atoms with Crippen molar-refractivity contribution >= 4 is 23.4 Å². The van der Waals surface area contributed by atoms with Gasteiger partial charge in [0.2, 0.25) is 17.7 Å². The second-order valence-electron chi connectivity index (χ2n) is 9.54. The predicted molar refractivity (Wildman–Crippen MR) is 121 cm³/mol. The fraction of sp³-hybridized carbons (Fsp3) is 0.640. The molecule has 0 bridgehead atoms. The molecule has 2 saturated heterocycles. The normalized spacial score (nSPS) is 23.6. The molecule has 3 fully saturated rings.